The van der Waals surface area contributed by atoms with E-state index < -0.39 is 0 Å². The van der Waals surface area contributed by atoms with Crippen LogP contribution in [0.4, 0.5) is 5.69 Å². The third-order valence-electron chi connectivity index (χ3n) is 4.66. The summed E-state index contributed by atoms with van der Waals surface area (Å²) in [5.74, 6) is -0.268. The number of halogens is 1. The number of benzene rings is 1. The highest BCUT2D eigenvalue weighted by Gasteiger charge is 2.23. The molecule has 9 heteroatoms. The van der Waals surface area contributed by atoms with Crippen molar-refractivity contribution in [2.24, 2.45) is 0 Å². The molecular formula is C18H22ClN7O. The van der Waals surface area contributed by atoms with E-state index in [1.54, 1.807) is 17.1 Å². The summed E-state index contributed by atoms with van der Waals surface area (Å²) >= 11 is 0. The predicted molar refractivity (Wildman–Crippen MR) is 105 cm³/mol. The van der Waals surface area contributed by atoms with Crippen LogP contribution in [-0.2, 0) is 0 Å². The highest BCUT2D eigenvalue weighted by atomic mass is 35.5. The van der Waals surface area contributed by atoms with Crippen molar-refractivity contribution in [3.8, 4) is 5.69 Å². The Balaban J connectivity index is 0.00000210. The molecule has 0 atom stereocenters. The molecule has 8 nitrogen and oxygen atoms in total. The number of hydrogen-bond donors (Lipinski definition) is 2. The second kappa shape index (κ2) is 8.32. The van der Waals surface area contributed by atoms with Gasteiger partial charge in [0.25, 0.3) is 5.91 Å². The Morgan fingerprint density at radius 1 is 1.22 bits per heavy atom. The number of amides is 1. The van der Waals surface area contributed by atoms with Gasteiger partial charge in [-0.05, 0) is 45.0 Å². The first-order valence-corrected chi connectivity index (χ1v) is 8.76. The van der Waals surface area contributed by atoms with Crippen LogP contribution in [0.3, 0.4) is 0 Å². The Bertz CT molecular complexity index is 900. The molecule has 0 spiro atoms. The number of piperidine rings is 1. The fourth-order valence-corrected chi connectivity index (χ4v) is 3.25. The van der Waals surface area contributed by atoms with Crippen molar-refractivity contribution in [2.45, 2.75) is 25.8 Å². The zero-order valence-corrected chi connectivity index (χ0v) is 15.8. The zero-order valence-electron chi connectivity index (χ0n) is 15.0. The molecule has 142 valence electrons. The van der Waals surface area contributed by atoms with Gasteiger partial charge in [-0.2, -0.15) is 5.10 Å². The molecule has 3 aromatic rings. The molecule has 1 aliphatic heterocycles. The number of hydrogen-bond acceptors (Lipinski definition) is 5. The first kappa shape index (κ1) is 19.1. The third kappa shape index (κ3) is 4.01. The van der Waals surface area contributed by atoms with Gasteiger partial charge in [-0.25, -0.2) is 9.36 Å². The van der Waals surface area contributed by atoms with Gasteiger partial charge in [-0.15, -0.1) is 17.5 Å². The van der Waals surface area contributed by atoms with Crippen LogP contribution in [0, 0.1) is 6.92 Å². The summed E-state index contributed by atoms with van der Waals surface area (Å²) < 4.78 is 3.59. The smallest absolute Gasteiger partial charge is 0.278 e. The van der Waals surface area contributed by atoms with Crippen LogP contribution in [0.5, 0.6) is 0 Å². The van der Waals surface area contributed by atoms with E-state index in [1.165, 1.54) is 0 Å². The molecule has 1 aromatic carbocycles. The van der Waals surface area contributed by atoms with Gasteiger partial charge in [0.1, 0.15) is 0 Å². The highest BCUT2D eigenvalue weighted by molar-refractivity contribution is 6.03. The summed E-state index contributed by atoms with van der Waals surface area (Å²) in [5, 5.41) is 18.8. The van der Waals surface area contributed by atoms with Crippen LogP contribution >= 0.6 is 12.4 Å². The van der Waals surface area contributed by atoms with E-state index in [9.17, 15) is 4.79 Å². The van der Waals surface area contributed by atoms with Crippen molar-refractivity contribution in [3.05, 3.63) is 54.1 Å². The van der Waals surface area contributed by atoms with Crippen molar-refractivity contribution in [1.29, 1.82) is 0 Å². The quantitative estimate of drug-likeness (QED) is 0.717. The number of nitrogens with one attached hydrogen (secondary N) is 2. The number of carbonyl (C=O) groups excluding carboxylic acids is 1. The lowest BCUT2D eigenvalue weighted by Crippen LogP contribution is -2.30. The third-order valence-corrected chi connectivity index (χ3v) is 4.66. The molecule has 4 rings (SSSR count). The topological polar surface area (TPSA) is 89.7 Å². The number of nitrogens with zero attached hydrogens (tertiary/aromatic N) is 5. The monoisotopic (exact) mass is 387 g/mol. The van der Waals surface area contributed by atoms with Crippen molar-refractivity contribution in [2.75, 3.05) is 18.4 Å². The van der Waals surface area contributed by atoms with Crippen LogP contribution < -0.4 is 10.6 Å². The first-order chi connectivity index (χ1) is 12.7. The number of rotatable bonds is 4. The molecule has 3 heterocycles. The maximum atomic E-state index is 12.6. The lowest BCUT2D eigenvalue weighted by atomic mass is 10.1. The minimum atomic E-state index is -0.268. The van der Waals surface area contributed by atoms with E-state index in [1.807, 2.05) is 41.9 Å². The van der Waals surface area contributed by atoms with Gasteiger partial charge in [0.05, 0.1) is 35.5 Å². The summed E-state index contributed by atoms with van der Waals surface area (Å²) in [4.78, 5) is 12.6. The Morgan fingerprint density at radius 3 is 2.70 bits per heavy atom. The molecule has 27 heavy (non-hydrogen) atoms. The lowest BCUT2D eigenvalue weighted by molar-refractivity contribution is 0.102. The normalized spacial score (nSPS) is 14.6. The predicted octanol–water partition coefficient (Wildman–Crippen LogP) is 2.37. The zero-order chi connectivity index (χ0) is 17.9. The average Bonchev–Trinajstić information content (AvgIpc) is 3.30. The van der Waals surface area contributed by atoms with Crippen LogP contribution in [-0.4, -0.2) is 43.8 Å². The highest BCUT2D eigenvalue weighted by Crippen LogP contribution is 2.21. The molecule has 2 N–H and O–H groups in total. The fourth-order valence-electron chi connectivity index (χ4n) is 3.25. The van der Waals surface area contributed by atoms with Crippen molar-refractivity contribution in [1.82, 2.24) is 30.1 Å². The first-order valence-electron chi connectivity index (χ1n) is 8.76. The van der Waals surface area contributed by atoms with Crippen LogP contribution in [0.15, 0.2) is 42.7 Å². The average molecular weight is 388 g/mol. The summed E-state index contributed by atoms with van der Waals surface area (Å²) in [6.45, 7) is 3.82. The molecule has 0 bridgehead atoms. The second-order valence-corrected chi connectivity index (χ2v) is 6.41. The summed E-state index contributed by atoms with van der Waals surface area (Å²) in [5.41, 5.74) is 2.71. The Kier molecular flexibility index (Phi) is 5.88. The van der Waals surface area contributed by atoms with E-state index in [0.717, 1.165) is 37.3 Å². The Morgan fingerprint density at radius 2 is 1.96 bits per heavy atom. The fraction of sp³-hybridized carbons (Fsp3) is 0.333. The number of carbonyl (C=O) groups is 1. The van der Waals surface area contributed by atoms with Crippen molar-refractivity contribution >= 4 is 24.0 Å². The maximum absolute atomic E-state index is 12.6. The van der Waals surface area contributed by atoms with E-state index in [2.05, 4.69) is 26.0 Å². The second-order valence-electron chi connectivity index (χ2n) is 6.41. The molecule has 1 aliphatic rings. The summed E-state index contributed by atoms with van der Waals surface area (Å²) in [6, 6.07) is 10.0. The Labute approximate surface area is 163 Å². The van der Waals surface area contributed by atoms with Crippen molar-refractivity contribution < 1.29 is 4.79 Å². The van der Waals surface area contributed by atoms with Gasteiger partial charge in [-0.1, -0.05) is 23.4 Å². The molecule has 2 aromatic heterocycles. The minimum absolute atomic E-state index is 0. The molecular weight excluding hydrogens is 366 g/mol. The summed E-state index contributed by atoms with van der Waals surface area (Å²) in [7, 11) is 0. The number of para-hydroxylation sites is 1. The van der Waals surface area contributed by atoms with Gasteiger partial charge in [0.15, 0.2) is 5.69 Å². The van der Waals surface area contributed by atoms with E-state index >= 15 is 0 Å². The van der Waals surface area contributed by atoms with Crippen LogP contribution in [0.1, 0.15) is 35.1 Å². The molecule has 0 radical (unpaired) electrons. The molecule has 0 unspecified atom stereocenters. The standard InChI is InChI=1S/C18H21N7O.ClH/c1-13-17(22-23-25(13)16-7-9-19-10-8-16)18(26)21-14-11-20-24(12-14)15-5-3-2-4-6-15;/h2-6,11-12,16,19H,7-10H2,1H3,(H,21,26);1H. The van der Waals surface area contributed by atoms with E-state index in [4.69, 9.17) is 0 Å². The van der Waals surface area contributed by atoms with Crippen LogP contribution in [0.25, 0.3) is 5.69 Å². The maximum Gasteiger partial charge on any atom is 0.278 e. The summed E-state index contributed by atoms with van der Waals surface area (Å²) in [6.07, 6.45) is 5.39. The number of aromatic nitrogens is 5. The van der Waals surface area contributed by atoms with Gasteiger partial charge in [0, 0.05) is 0 Å². The molecule has 0 aliphatic carbocycles. The Hall–Kier alpha value is -2.71. The van der Waals surface area contributed by atoms with Gasteiger partial charge >= 0.3 is 0 Å². The molecule has 0 saturated carbocycles. The van der Waals surface area contributed by atoms with Gasteiger partial charge in [-0.3, -0.25) is 4.79 Å². The number of anilines is 1. The lowest BCUT2D eigenvalue weighted by Gasteiger charge is -2.23. The molecule has 1 fully saturated rings. The molecule has 1 saturated heterocycles. The van der Waals surface area contributed by atoms with E-state index in [0.29, 0.717) is 17.4 Å². The van der Waals surface area contributed by atoms with Gasteiger partial charge in [0.2, 0.25) is 0 Å². The van der Waals surface area contributed by atoms with Crippen molar-refractivity contribution in [3.63, 3.8) is 0 Å². The largest absolute Gasteiger partial charge is 0.318 e. The van der Waals surface area contributed by atoms with Gasteiger partial charge < -0.3 is 10.6 Å². The van der Waals surface area contributed by atoms with E-state index in [-0.39, 0.29) is 18.3 Å². The van der Waals surface area contributed by atoms with Crippen LogP contribution in [0.2, 0.25) is 0 Å². The SMILES string of the molecule is Cc1c(C(=O)Nc2cnn(-c3ccccc3)c2)nnn1C1CCNCC1.Cl. The minimum Gasteiger partial charge on any atom is -0.318 e. The molecule has 1 amide bonds.